The molecule has 96 valence electrons. The summed E-state index contributed by atoms with van der Waals surface area (Å²) in [5.74, 6) is 0.387. The summed E-state index contributed by atoms with van der Waals surface area (Å²) in [4.78, 5) is 0. The molecule has 0 amide bonds. The van der Waals surface area contributed by atoms with Crippen molar-refractivity contribution in [2.75, 3.05) is 12.3 Å². The summed E-state index contributed by atoms with van der Waals surface area (Å²) >= 11 is 0. The third kappa shape index (κ3) is 3.82. The first-order chi connectivity index (χ1) is 8.01. The molecular formula is C13H21NO2S. The van der Waals surface area contributed by atoms with Crippen LogP contribution in [0.15, 0.2) is 30.3 Å². The summed E-state index contributed by atoms with van der Waals surface area (Å²) in [6.45, 7) is 4.10. The number of nitrogens with two attached hydrogens (primary N) is 1. The van der Waals surface area contributed by atoms with Gasteiger partial charge < -0.3 is 5.73 Å². The fourth-order valence-electron chi connectivity index (χ4n) is 1.79. The third-order valence-electron chi connectivity index (χ3n) is 3.03. The summed E-state index contributed by atoms with van der Waals surface area (Å²) in [5, 5.41) is -0.572. The van der Waals surface area contributed by atoms with Gasteiger partial charge in [-0.3, -0.25) is 0 Å². The highest BCUT2D eigenvalue weighted by molar-refractivity contribution is 7.91. The first-order valence-electron chi connectivity index (χ1n) is 5.97. The predicted octanol–water partition coefficient (Wildman–Crippen LogP) is 2.15. The van der Waals surface area contributed by atoms with Gasteiger partial charge in [0.2, 0.25) is 0 Å². The largest absolute Gasteiger partial charge is 0.329 e. The van der Waals surface area contributed by atoms with Crippen LogP contribution in [-0.2, 0) is 9.84 Å². The van der Waals surface area contributed by atoms with Gasteiger partial charge in [0.05, 0.1) is 11.0 Å². The van der Waals surface area contributed by atoms with Crippen molar-refractivity contribution in [3.63, 3.8) is 0 Å². The Balaban J connectivity index is 2.95. The molecule has 0 saturated heterocycles. The Bertz CT molecular complexity index is 428. The molecule has 1 aromatic rings. The van der Waals surface area contributed by atoms with Crippen molar-refractivity contribution in [3.05, 3.63) is 35.9 Å². The molecule has 0 aliphatic carbocycles. The van der Waals surface area contributed by atoms with Gasteiger partial charge in [0, 0.05) is 6.54 Å². The lowest BCUT2D eigenvalue weighted by Gasteiger charge is -2.18. The maximum Gasteiger partial charge on any atom is 0.158 e. The standard InChI is InChI=1S/C13H21NO2S/c1-3-11(2)10-17(15,16)13(9-14)12-7-5-4-6-8-12/h4-8,11,13H,3,9-10,14H2,1-2H3. The van der Waals surface area contributed by atoms with Crippen molar-refractivity contribution in [3.8, 4) is 0 Å². The lowest BCUT2D eigenvalue weighted by molar-refractivity contribution is 0.553. The summed E-state index contributed by atoms with van der Waals surface area (Å²) in [5.41, 5.74) is 6.42. The van der Waals surface area contributed by atoms with E-state index in [-0.39, 0.29) is 18.2 Å². The molecule has 0 aromatic heterocycles. The highest BCUT2D eigenvalue weighted by Gasteiger charge is 2.27. The Hall–Kier alpha value is -0.870. The van der Waals surface area contributed by atoms with Gasteiger partial charge in [0.1, 0.15) is 0 Å². The zero-order valence-electron chi connectivity index (χ0n) is 10.5. The van der Waals surface area contributed by atoms with Crippen LogP contribution in [-0.4, -0.2) is 20.7 Å². The summed E-state index contributed by atoms with van der Waals surface area (Å²) in [6, 6.07) is 9.21. The molecule has 17 heavy (non-hydrogen) atoms. The van der Waals surface area contributed by atoms with Crippen molar-refractivity contribution < 1.29 is 8.42 Å². The molecule has 0 fully saturated rings. The monoisotopic (exact) mass is 255 g/mol. The molecule has 2 unspecified atom stereocenters. The van der Waals surface area contributed by atoms with Crippen molar-refractivity contribution in [1.82, 2.24) is 0 Å². The summed E-state index contributed by atoms with van der Waals surface area (Å²) < 4.78 is 24.5. The van der Waals surface area contributed by atoms with E-state index in [0.29, 0.717) is 0 Å². The zero-order valence-corrected chi connectivity index (χ0v) is 11.3. The third-order valence-corrected chi connectivity index (χ3v) is 5.40. The van der Waals surface area contributed by atoms with Crippen LogP contribution in [0.5, 0.6) is 0 Å². The van der Waals surface area contributed by atoms with Crippen LogP contribution in [0.1, 0.15) is 31.1 Å². The lowest BCUT2D eigenvalue weighted by atomic mass is 10.1. The molecule has 0 saturated carbocycles. The molecule has 1 aromatic carbocycles. The van der Waals surface area contributed by atoms with Crippen molar-refractivity contribution >= 4 is 9.84 Å². The molecule has 4 heteroatoms. The van der Waals surface area contributed by atoms with Gasteiger partial charge in [-0.1, -0.05) is 50.6 Å². The average Bonchev–Trinajstić information content (AvgIpc) is 2.30. The number of hydrogen-bond acceptors (Lipinski definition) is 3. The van der Waals surface area contributed by atoms with Gasteiger partial charge >= 0.3 is 0 Å². The summed E-state index contributed by atoms with van der Waals surface area (Å²) in [7, 11) is -3.16. The Labute approximate surface area is 104 Å². The van der Waals surface area contributed by atoms with Crippen LogP contribution in [0.4, 0.5) is 0 Å². The smallest absolute Gasteiger partial charge is 0.158 e. The second-order valence-electron chi connectivity index (χ2n) is 4.48. The quantitative estimate of drug-likeness (QED) is 0.847. The maximum atomic E-state index is 12.3. The van der Waals surface area contributed by atoms with E-state index in [1.165, 1.54) is 0 Å². The highest BCUT2D eigenvalue weighted by Crippen LogP contribution is 2.24. The van der Waals surface area contributed by atoms with Crippen LogP contribution < -0.4 is 5.73 Å². The Kier molecular flexibility index (Phi) is 5.15. The van der Waals surface area contributed by atoms with E-state index in [1.807, 2.05) is 44.2 Å². The van der Waals surface area contributed by atoms with Gasteiger partial charge in [0.25, 0.3) is 0 Å². The van der Waals surface area contributed by atoms with E-state index >= 15 is 0 Å². The van der Waals surface area contributed by atoms with Gasteiger partial charge in [0.15, 0.2) is 9.84 Å². The minimum absolute atomic E-state index is 0.142. The summed E-state index contributed by atoms with van der Waals surface area (Å²) in [6.07, 6.45) is 0.866. The highest BCUT2D eigenvalue weighted by atomic mass is 32.2. The molecule has 0 radical (unpaired) electrons. The Morgan fingerprint density at radius 2 is 1.82 bits per heavy atom. The van der Waals surface area contributed by atoms with Crippen molar-refractivity contribution in [2.45, 2.75) is 25.5 Å². The second kappa shape index (κ2) is 6.17. The minimum atomic E-state index is -3.16. The van der Waals surface area contributed by atoms with Gasteiger partial charge in [-0.15, -0.1) is 0 Å². The Morgan fingerprint density at radius 3 is 2.29 bits per heavy atom. The SMILES string of the molecule is CCC(C)CS(=O)(=O)C(CN)c1ccccc1. The van der Waals surface area contributed by atoms with Crippen LogP contribution in [0, 0.1) is 5.92 Å². The molecule has 3 nitrogen and oxygen atoms in total. The molecular weight excluding hydrogens is 234 g/mol. The van der Waals surface area contributed by atoms with Gasteiger partial charge in [-0.2, -0.15) is 0 Å². The molecule has 1 rings (SSSR count). The van der Waals surface area contributed by atoms with Gasteiger partial charge in [-0.05, 0) is 11.5 Å². The van der Waals surface area contributed by atoms with Gasteiger partial charge in [-0.25, -0.2) is 8.42 Å². The van der Waals surface area contributed by atoms with E-state index in [4.69, 9.17) is 5.73 Å². The first kappa shape index (κ1) is 14.2. The molecule has 0 heterocycles. The molecule has 0 bridgehead atoms. The second-order valence-corrected chi connectivity index (χ2v) is 6.71. The molecule has 0 aliphatic rings. The fourth-order valence-corrected chi connectivity index (χ4v) is 3.91. The normalized spacial score (nSPS) is 15.5. The number of rotatable bonds is 6. The topological polar surface area (TPSA) is 60.2 Å². The van der Waals surface area contributed by atoms with E-state index < -0.39 is 15.1 Å². The minimum Gasteiger partial charge on any atom is -0.329 e. The van der Waals surface area contributed by atoms with E-state index in [0.717, 1.165) is 12.0 Å². The van der Waals surface area contributed by atoms with E-state index in [1.54, 1.807) is 0 Å². The number of benzene rings is 1. The number of hydrogen-bond donors (Lipinski definition) is 1. The Morgan fingerprint density at radius 1 is 1.24 bits per heavy atom. The first-order valence-corrected chi connectivity index (χ1v) is 7.69. The number of sulfone groups is 1. The molecule has 2 atom stereocenters. The van der Waals surface area contributed by atoms with Crippen molar-refractivity contribution in [2.24, 2.45) is 11.7 Å². The predicted molar refractivity (Wildman–Crippen MR) is 71.5 cm³/mol. The molecule has 0 aliphatic heterocycles. The van der Waals surface area contributed by atoms with Crippen LogP contribution in [0.3, 0.4) is 0 Å². The maximum absolute atomic E-state index is 12.3. The van der Waals surface area contributed by atoms with Crippen LogP contribution in [0.2, 0.25) is 0 Å². The zero-order chi connectivity index (χ0) is 12.9. The average molecular weight is 255 g/mol. The lowest BCUT2D eigenvalue weighted by Crippen LogP contribution is -2.26. The van der Waals surface area contributed by atoms with E-state index in [2.05, 4.69) is 0 Å². The molecule has 0 spiro atoms. The van der Waals surface area contributed by atoms with E-state index in [9.17, 15) is 8.42 Å². The van der Waals surface area contributed by atoms with Crippen LogP contribution in [0.25, 0.3) is 0 Å². The molecule has 2 N–H and O–H groups in total. The van der Waals surface area contributed by atoms with Crippen molar-refractivity contribution in [1.29, 1.82) is 0 Å². The fraction of sp³-hybridized carbons (Fsp3) is 0.538. The van der Waals surface area contributed by atoms with Crippen LogP contribution >= 0.6 is 0 Å².